The first-order valence-corrected chi connectivity index (χ1v) is 8.36. The summed E-state index contributed by atoms with van der Waals surface area (Å²) >= 11 is 6.60. The van der Waals surface area contributed by atoms with Crippen molar-refractivity contribution in [2.24, 2.45) is 0 Å². The molecule has 3 rings (SSSR count). The van der Waals surface area contributed by atoms with E-state index in [4.69, 9.17) is 16.3 Å². The molecule has 0 bridgehead atoms. The molecule has 0 aliphatic heterocycles. The summed E-state index contributed by atoms with van der Waals surface area (Å²) in [5.41, 5.74) is 0. The van der Waals surface area contributed by atoms with E-state index in [1.165, 1.54) is 19.7 Å². The number of methoxy groups -OCH3 is 1. The van der Waals surface area contributed by atoms with Crippen LogP contribution >= 0.6 is 11.6 Å². The van der Waals surface area contributed by atoms with E-state index in [9.17, 15) is 0 Å². The van der Waals surface area contributed by atoms with E-state index in [0.717, 1.165) is 10.8 Å². The van der Waals surface area contributed by atoms with E-state index in [0.29, 0.717) is 0 Å². The second-order valence-corrected chi connectivity index (χ2v) is 7.12. The normalized spacial score (nSPS) is 10.7. The second kappa shape index (κ2) is 5.88. The molecule has 3 aromatic rings. The molecule has 0 heterocycles. The van der Waals surface area contributed by atoms with Crippen molar-refractivity contribution in [3.63, 3.8) is 0 Å². The van der Waals surface area contributed by atoms with Crippen molar-refractivity contribution in [3.8, 4) is 5.75 Å². The molecule has 20 heavy (non-hydrogen) atoms. The van der Waals surface area contributed by atoms with Gasteiger partial charge in [-0.05, 0) is 0 Å². The molecule has 3 aromatic carbocycles. The van der Waals surface area contributed by atoms with Crippen molar-refractivity contribution in [1.29, 1.82) is 0 Å². The standard InChI is InChI=1S/C17H13ClOSe/c1-19-13-8-10-14(11-9-13)20-16-7-3-5-12-4-2-6-15(18)17(12)16/h2-11H,1H3. The average Bonchev–Trinajstić information content (AvgIpc) is 2.48. The van der Waals surface area contributed by atoms with Crippen LogP contribution in [0.4, 0.5) is 0 Å². The third-order valence-corrected chi connectivity index (χ3v) is 5.66. The van der Waals surface area contributed by atoms with Gasteiger partial charge in [-0.1, -0.05) is 0 Å². The Hall–Kier alpha value is -1.47. The molecule has 1 nitrogen and oxygen atoms in total. The Morgan fingerprint density at radius 1 is 0.900 bits per heavy atom. The molecule has 0 aliphatic rings. The molecular formula is C17H13ClOSe. The van der Waals surface area contributed by atoms with E-state index in [1.807, 2.05) is 24.3 Å². The van der Waals surface area contributed by atoms with Gasteiger partial charge in [0.15, 0.2) is 0 Å². The fourth-order valence-electron chi connectivity index (χ4n) is 2.12. The number of rotatable bonds is 3. The van der Waals surface area contributed by atoms with E-state index in [1.54, 1.807) is 7.11 Å². The molecule has 0 fully saturated rings. The third-order valence-electron chi connectivity index (χ3n) is 3.10. The molecular weight excluding hydrogens is 335 g/mol. The monoisotopic (exact) mass is 348 g/mol. The SMILES string of the molecule is COc1ccc([Se]c2cccc3cccc(Cl)c23)cc1. The van der Waals surface area contributed by atoms with Crippen LogP contribution in [-0.4, -0.2) is 22.1 Å². The second-order valence-electron chi connectivity index (χ2n) is 4.37. The summed E-state index contributed by atoms with van der Waals surface area (Å²) in [6.07, 6.45) is 0. The number of ether oxygens (including phenoxy) is 1. The number of hydrogen-bond acceptors (Lipinski definition) is 1. The first kappa shape index (κ1) is 13.5. The van der Waals surface area contributed by atoms with Crippen LogP contribution in [0.3, 0.4) is 0 Å². The van der Waals surface area contributed by atoms with Crippen LogP contribution in [0, 0.1) is 0 Å². The number of hydrogen-bond donors (Lipinski definition) is 0. The Kier molecular flexibility index (Phi) is 3.97. The van der Waals surface area contributed by atoms with Gasteiger partial charge in [0.05, 0.1) is 0 Å². The molecule has 0 unspecified atom stereocenters. The Morgan fingerprint density at radius 3 is 2.30 bits per heavy atom. The molecule has 0 radical (unpaired) electrons. The number of fused-ring (bicyclic) bond motifs is 1. The minimum absolute atomic E-state index is 0.233. The summed E-state index contributed by atoms with van der Waals surface area (Å²) in [7, 11) is 1.69. The molecule has 0 aliphatic carbocycles. The van der Waals surface area contributed by atoms with Crippen molar-refractivity contribution in [2.75, 3.05) is 7.11 Å². The van der Waals surface area contributed by atoms with Crippen LogP contribution in [0.1, 0.15) is 0 Å². The van der Waals surface area contributed by atoms with Crippen molar-refractivity contribution < 1.29 is 4.74 Å². The molecule has 0 saturated carbocycles. The summed E-state index contributed by atoms with van der Waals surface area (Å²) < 4.78 is 7.82. The fraction of sp³-hybridized carbons (Fsp3) is 0.0588. The molecule has 0 amide bonds. The summed E-state index contributed by atoms with van der Waals surface area (Å²) in [4.78, 5) is 0. The Morgan fingerprint density at radius 2 is 1.60 bits per heavy atom. The van der Waals surface area contributed by atoms with Crippen LogP contribution in [0.15, 0.2) is 60.7 Å². The van der Waals surface area contributed by atoms with Gasteiger partial charge in [-0.25, -0.2) is 0 Å². The van der Waals surface area contributed by atoms with Crippen LogP contribution < -0.4 is 13.7 Å². The number of halogens is 1. The Labute approximate surface area is 129 Å². The average molecular weight is 348 g/mol. The van der Waals surface area contributed by atoms with Gasteiger partial charge < -0.3 is 0 Å². The zero-order chi connectivity index (χ0) is 13.9. The predicted octanol–water partition coefficient (Wildman–Crippen LogP) is 3.16. The van der Waals surface area contributed by atoms with E-state index >= 15 is 0 Å². The van der Waals surface area contributed by atoms with Crippen molar-refractivity contribution in [3.05, 3.63) is 65.7 Å². The van der Waals surface area contributed by atoms with E-state index in [-0.39, 0.29) is 15.0 Å². The van der Waals surface area contributed by atoms with Gasteiger partial charge >= 0.3 is 130 Å². The summed E-state index contributed by atoms with van der Waals surface area (Å²) in [6, 6.07) is 20.7. The minimum atomic E-state index is 0.233. The Bertz CT molecular complexity index is 732. The van der Waals surface area contributed by atoms with Crippen molar-refractivity contribution >= 4 is 46.3 Å². The first-order chi connectivity index (χ1) is 9.78. The molecule has 0 atom stereocenters. The zero-order valence-electron chi connectivity index (χ0n) is 11.0. The molecule has 0 spiro atoms. The van der Waals surface area contributed by atoms with Crippen LogP contribution in [-0.2, 0) is 0 Å². The molecule has 0 aromatic heterocycles. The van der Waals surface area contributed by atoms with Crippen LogP contribution in [0.5, 0.6) is 5.75 Å². The summed E-state index contributed by atoms with van der Waals surface area (Å²) in [5.74, 6) is 0.889. The fourth-order valence-corrected chi connectivity index (χ4v) is 4.63. The van der Waals surface area contributed by atoms with Gasteiger partial charge in [0, 0.05) is 0 Å². The van der Waals surface area contributed by atoms with Gasteiger partial charge in [-0.2, -0.15) is 0 Å². The summed E-state index contributed by atoms with van der Waals surface area (Å²) in [6.45, 7) is 0. The third kappa shape index (κ3) is 2.69. The first-order valence-electron chi connectivity index (χ1n) is 6.27. The van der Waals surface area contributed by atoms with Crippen molar-refractivity contribution in [2.45, 2.75) is 0 Å². The van der Waals surface area contributed by atoms with Gasteiger partial charge in [-0.15, -0.1) is 0 Å². The zero-order valence-corrected chi connectivity index (χ0v) is 13.4. The van der Waals surface area contributed by atoms with Crippen LogP contribution in [0.2, 0.25) is 5.02 Å². The van der Waals surface area contributed by atoms with Gasteiger partial charge in [-0.3, -0.25) is 0 Å². The molecule has 100 valence electrons. The van der Waals surface area contributed by atoms with Gasteiger partial charge in [0.2, 0.25) is 0 Å². The maximum absolute atomic E-state index is 6.37. The van der Waals surface area contributed by atoms with E-state index < -0.39 is 0 Å². The molecule has 3 heteroatoms. The van der Waals surface area contributed by atoms with Gasteiger partial charge in [0.1, 0.15) is 0 Å². The van der Waals surface area contributed by atoms with Crippen molar-refractivity contribution in [1.82, 2.24) is 0 Å². The topological polar surface area (TPSA) is 9.23 Å². The Balaban J connectivity index is 2.01. The molecule has 0 saturated heterocycles. The van der Waals surface area contributed by atoms with Gasteiger partial charge in [0.25, 0.3) is 0 Å². The van der Waals surface area contributed by atoms with Crippen LogP contribution in [0.25, 0.3) is 10.8 Å². The number of benzene rings is 3. The summed E-state index contributed by atoms with van der Waals surface area (Å²) in [5, 5.41) is 3.20. The maximum atomic E-state index is 6.37. The predicted molar refractivity (Wildman–Crippen MR) is 87.0 cm³/mol. The molecule has 0 N–H and O–H groups in total. The quantitative estimate of drug-likeness (QED) is 0.661. The van der Waals surface area contributed by atoms with E-state index in [2.05, 4.69) is 36.4 Å².